The van der Waals surface area contributed by atoms with E-state index in [0.717, 1.165) is 0 Å². The lowest BCUT2D eigenvalue weighted by molar-refractivity contribution is -0.143. The zero-order valence-corrected chi connectivity index (χ0v) is 7.54. The molecule has 0 aromatic carbocycles. The summed E-state index contributed by atoms with van der Waals surface area (Å²) in [5.41, 5.74) is 1.08. The molecule has 0 fully saturated rings. The quantitative estimate of drug-likeness (QED) is 0.679. The van der Waals surface area contributed by atoms with Gasteiger partial charge in [0.15, 0.2) is 5.65 Å². The van der Waals surface area contributed by atoms with Gasteiger partial charge in [0.1, 0.15) is 18.2 Å². The van der Waals surface area contributed by atoms with E-state index in [1.807, 2.05) is 0 Å². The van der Waals surface area contributed by atoms with Gasteiger partial charge < -0.3 is 4.84 Å². The maximum absolute atomic E-state index is 11.0. The molecule has 0 saturated heterocycles. The fraction of sp³-hybridized carbons (Fsp3) is 0.250. The van der Waals surface area contributed by atoms with Crippen molar-refractivity contribution in [2.24, 2.45) is 0 Å². The van der Waals surface area contributed by atoms with Crippen LogP contribution in [-0.2, 0) is 4.79 Å². The first-order valence-corrected chi connectivity index (χ1v) is 4.15. The number of fused-ring (bicyclic) bond motifs is 1. The highest BCUT2D eigenvalue weighted by molar-refractivity contribution is 5.72. The van der Waals surface area contributed by atoms with Gasteiger partial charge in [-0.2, -0.15) is 0 Å². The summed E-state index contributed by atoms with van der Waals surface area (Å²) in [6.45, 7) is 1.72. The van der Waals surface area contributed by atoms with Crippen molar-refractivity contribution in [1.29, 1.82) is 0 Å². The van der Waals surface area contributed by atoms with Gasteiger partial charge in [-0.05, 0) is 0 Å². The topological polar surface area (TPSA) is 69.9 Å². The Kier molecular flexibility index (Phi) is 2.10. The molecule has 0 aliphatic carbocycles. The van der Waals surface area contributed by atoms with E-state index in [9.17, 15) is 4.79 Å². The number of hydrogen-bond donors (Lipinski definition) is 0. The first-order valence-electron chi connectivity index (χ1n) is 4.15. The van der Waals surface area contributed by atoms with Crippen molar-refractivity contribution in [2.75, 3.05) is 0 Å². The second-order valence-corrected chi connectivity index (χ2v) is 2.62. The molecule has 0 radical (unpaired) electrons. The second kappa shape index (κ2) is 3.41. The van der Waals surface area contributed by atoms with Crippen LogP contribution in [0.4, 0.5) is 0 Å². The molecule has 0 N–H and O–H groups in total. The van der Waals surface area contributed by atoms with E-state index in [2.05, 4.69) is 15.0 Å². The normalized spacial score (nSPS) is 10.4. The van der Waals surface area contributed by atoms with Gasteiger partial charge >= 0.3 is 5.97 Å². The zero-order valence-electron chi connectivity index (χ0n) is 7.54. The van der Waals surface area contributed by atoms with Crippen LogP contribution in [-0.4, -0.2) is 25.7 Å². The zero-order chi connectivity index (χ0) is 9.97. The Balaban J connectivity index is 2.38. The van der Waals surface area contributed by atoms with Gasteiger partial charge in [0, 0.05) is 6.42 Å². The molecule has 0 aliphatic rings. The smallest absolute Gasteiger partial charge is 0.332 e. The molecular formula is C8H8N4O2. The van der Waals surface area contributed by atoms with Crippen molar-refractivity contribution in [2.45, 2.75) is 13.3 Å². The van der Waals surface area contributed by atoms with Crippen LogP contribution in [0.1, 0.15) is 13.3 Å². The Morgan fingerprint density at radius 2 is 2.43 bits per heavy atom. The number of nitrogens with zero attached hydrogens (tertiary/aromatic N) is 4. The van der Waals surface area contributed by atoms with Crippen LogP contribution in [0.3, 0.4) is 0 Å². The maximum Gasteiger partial charge on any atom is 0.332 e. The van der Waals surface area contributed by atoms with E-state index in [1.165, 1.54) is 17.4 Å². The molecule has 2 aromatic heterocycles. The highest BCUT2D eigenvalue weighted by atomic mass is 16.7. The minimum Gasteiger partial charge on any atom is -0.334 e. The minimum absolute atomic E-state index is 0.310. The van der Waals surface area contributed by atoms with Crippen molar-refractivity contribution in [3.8, 4) is 0 Å². The summed E-state index contributed by atoms with van der Waals surface area (Å²) in [6.07, 6.45) is 4.64. The Morgan fingerprint density at radius 1 is 1.57 bits per heavy atom. The summed E-state index contributed by atoms with van der Waals surface area (Å²) in [4.78, 5) is 27.7. The average Bonchev–Trinajstić information content (AvgIpc) is 2.62. The molecule has 6 heteroatoms. The first kappa shape index (κ1) is 8.61. The van der Waals surface area contributed by atoms with E-state index in [0.29, 0.717) is 17.6 Å². The third-order valence-electron chi connectivity index (χ3n) is 1.67. The van der Waals surface area contributed by atoms with E-state index in [4.69, 9.17) is 4.84 Å². The number of carbonyl (C=O) groups is 1. The molecular weight excluding hydrogens is 184 g/mol. The van der Waals surface area contributed by atoms with Crippen LogP contribution in [0, 0.1) is 0 Å². The highest BCUT2D eigenvalue weighted by Gasteiger charge is 2.07. The summed E-state index contributed by atoms with van der Waals surface area (Å²) >= 11 is 0. The fourth-order valence-electron chi connectivity index (χ4n) is 0.987. The largest absolute Gasteiger partial charge is 0.334 e. The molecule has 2 aromatic rings. The number of rotatable bonds is 2. The lowest BCUT2D eigenvalue weighted by Gasteiger charge is -2.01. The monoisotopic (exact) mass is 192 g/mol. The van der Waals surface area contributed by atoms with Gasteiger partial charge in [0.05, 0.1) is 6.20 Å². The van der Waals surface area contributed by atoms with Crippen LogP contribution in [0.15, 0.2) is 18.9 Å². The minimum atomic E-state index is -0.331. The van der Waals surface area contributed by atoms with Crippen molar-refractivity contribution >= 4 is 17.1 Å². The number of hydrogen-bond acceptors (Lipinski definition) is 5. The van der Waals surface area contributed by atoms with Gasteiger partial charge in [0.25, 0.3) is 0 Å². The summed E-state index contributed by atoms with van der Waals surface area (Å²) in [5, 5.41) is 0. The molecule has 2 heterocycles. The molecule has 0 spiro atoms. The molecule has 2 rings (SSSR count). The van der Waals surface area contributed by atoms with Crippen LogP contribution in [0.5, 0.6) is 0 Å². The van der Waals surface area contributed by atoms with E-state index in [-0.39, 0.29) is 5.97 Å². The van der Waals surface area contributed by atoms with Crippen molar-refractivity contribution < 1.29 is 9.63 Å². The summed E-state index contributed by atoms with van der Waals surface area (Å²) in [6, 6.07) is 0. The Labute approximate surface area is 79.5 Å². The van der Waals surface area contributed by atoms with E-state index < -0.39 is 0 Å². The number of imidazole rings is 1. The van der Waals surface area contributed by atoms with Gasteiger partial charge in [-0.15, -0.1) is 4.73 Å². The Morgan fingerprint density at radius 3 is 3.21 bits per heavy atom. The second-order valence-electron chi connectivity index (χ2n) is 2.62. The van der Waals surface area contributed by atoms with Gasteiger partial charge in [0.2, 0.25) is 0 Å². The van der Waals surface area contributed by atoms with Crippen LogP contribution in [0.2, 0.25) is 0 Å². The lowest BCUT2D eigenvalue weighted by atomic mass is 10.5. The SMILES string of the molecule is CCC(=O)On1cnc2cncnc21. The molecule has 6 nitrogen and oxygen atoms in total. The highest BCUT2D eigenvalue weighted by Crippen LogP contribution is 2.05. The van der Waals surface area contributed by atoms with Crippen molar-refractivity contribution in [3.63, 3.8) is 0 Å². The maximum atomic E-state index is 11.0. The molecule has 0 saturated carbocycles. The summed E-state index contributed by atoms with van der Waals surface area (Å²) in [5.74, 6) is -0.331. The third-order valence-corrected chi connectivity index (χ3v) is 1.67. The van der Waals surface area contributed by atoms with Gasteiger partial charge in [-0.1, -0.05) is 6.92 Å². The van der Waals surface area contributed by atoms with Crippen LogP contribution >= 0.6 is 0 Å². The molecule has 0 aliphatic heterocycles. The predicted molar refractivity (Wildman–Crippen MR) is 47.2 cm³/mol. The molecule has 0 bridgehead atoms. The summed E-state index contributed by atoms with van der Waals surface area (Å²) < 4.78 is 1.24. The standard InChI is InChI=1S/C8H8N4O2/c1-2-7(13)14-12-5-11-6-3-9-4-10-8(6)12/h3-5H,2H2,1H3. The predicted octanol–water partition coefficient (Wildman–Crippen LogP) is 0.191. The Hall–Kier alpha value is -1.98. The van der Waals surface area contributed by atoms with E-state index >= 15 is 0 Å². The summed E-state index contributed by atoms with van der Waals surface area (Å²) in [7, 11) is 0. The number of carbonyl (C=O) groups excluding carboxylic acids is 1. The lowest BCUT2D eigenvalue weighted by Crippen LogP contribution is -2.17. The van der Waals surface area contributed by atoms with Crippen LogP contribution < -0.4 is 4.84 Å². The van der Waals surface area contributed by atoms with Crippen LogP contribution in [0.25, 0.3) is 11.2 Å². The van der Waals surface area contributed by atoms with Crippen molar-refractivity contribution in [3.05, 3.63) is 18.9 Å². The average molecular weight is 192 g/mol. The molecule has 72 valence electrons. The number of aromatic nitrogens is 4. The molecule has 0 atom stereocenters. The first-order chi connectivity index (χ1) is 6.81. The van der Waals surface area contributed by atoms with Gasteiger partial charge in [-0.25, -0.2) is 19.7 Å². The van der Waals surface area contributed by atoms with E-state index in [1.54, 1.807) is 13.1 Å². The molecule has 0 amide bonds. The molecule has 14 heavy (non-hydrogen) atoms. The Bertz CT molecular complexity index is 465. The fourth-order valence-corrected chi connectivity index (χ4v) is 0.987. The van der Waals surface area contributed by atoms with Gasteiger partial charge in [-0.3, -0.25) is 0 Å². The molecule has 0 unspecified atom stereocenters. The van der Waals surface area contributed by atoms with Crippen molar-refractivity contribution in [1.82, 2.24) is 19.7 Å². The third kappa shape index (κ3) is 1.41.